The molecule has 5 nitrogen and oxygen atoms in total. The molecular weight excluding hydrogens is 441 g/mol. The van der Waals surface area contributed by atoms with Crippen molar-refractivity contribution in [3.8, 4) is 0 Å². The van der Waals surface area contributed by atoms with Gasteiger partial charge in [-0.05, 0) is 31.0 Å². The zero-order chi connectivity index (χ0) is 24.3. The molecule has 178 valence electrons. The van der Waals surface area contributed by atoms with Crippen LogP contribution in [0, 0.1) is 0 Å². The fourth-order valence-electron chi connectivity index (χ4n) is 4.41. The molecule has 0 saturated heterocycles. The highest BCUT2D eigenvalue weighted by Gasteiger charge is 2.38. The van der Waals surface area contributed by atoms with Crippen LogP contribution in [0.3, 0.4) is 0 Å². The highest BCUT2D eigenvalue weighted by Crippen LogP contribution is 2.38. The number of amides is 2. The second-order valence-electron chi connectivity index (χ2n) is 8.55. The number of aromatic nitrogens is 1. The number of halogens is 3. The van der Waals surface area contributed by atoms with Gasteiger partial charge in [-0.3, -0.25) is 0 Å². The van der Waals surface area contributed by atoms with Crippen LogP contribution in [0.15, 0.2) is 72.8 Å². The molecule has 1 aliphatic rings. The number of alkyl halides is 3. The van der Waals surface area contributed by atoms with Gasteiger partial charge in [-0.15, -0.1) is 0 Å². The zero-order valence-corrected chi connectivity index (χ0v) is 19.1. The van der Waals surface area contributed by atoms with Crippen LogP contribution in [-0.2, 0) is 19.3 Å². The van der Waals surface area contributed by atoms with E-state index in [1.807, 2.05) is 79.4 Å². The van der Waals surface area contributed by atoms with Gasteiger partial charge in [-0.2, -0.15) is 13.2 Å². The molecule has 0 saturated carbocycles. The molecule has 0 unspecified atom stereocenters. The summed E-state index contributed by atoms with van der Waals surface area (Å²) in [6.07, 6.45) is -4.55. The van der Waals surface area contributed by atoms with Crippen molar-refractivity contribution in [2.45, 2.75) is 45.2 Å². The molecule has 0 bridgehead atoms. The van der Waals surface area contributed by atoms with Gasteiger partial charge in [-0.25, -0.2) is 9.78 Å². The second-order valence-corrected chi connectivity index (χ2v) is 8.55. The molecule has 2 amide bonds. The molecule has 2 aromatic carbocycles. The van der Waals surface area contributed by atoms with Crippen LogP contribution < -0.4 is 10.2 Å². The largest absolute Gasteiger partial charge is 0.433 e. The highest BCUT2D eigenvalue weighted by atomic mass is 19.4. The van der Waals surface area contributed by atoms with E-state index in [2.05, 4.69) is 10.3 Å². The maximum absolute atomic E-state index is 13.5. The third-order valence-electron chi connectivity index (χ3n) is 6.06. The van der Waals surface area contributed by atoms with E-state index in [0.717, 1.165) is 17.2 Å². The summed E-state index contributed by atoms with van der Waals surface area (Å²) in [6.45, 7) is 4.84. The SMILES string of the molecule is C[C@@H]1CN(Cc2ccccc2)c2nc(C(F)(F)F)ccc2[C@H](C)N1C(=O)NCc1ccccc1. The summed E-state index contributed by atoms with van der Waals surface area (Å²) in [7, 11) is 0. The number of fused-ring (bicyclic) bond motifs is 1. The average molecular weight is 469 g/mol. The van der Waals surface area contributed by atoms with E-state index >= 15 is 0 Å². The van der Waals surface area contributed by atoms with Crippen molar-refractivity contribution >= 4 is 11.8 Å². The van der Waals surface area contributed by atoms with Crippen molar-refractivity contribution in [2.24, 2.45) is 0 Å². The van der Waals surface area contributed by atoms with Crippen molar-refractivity contribution in [1.29, 1.82) is 0 Å². The van der Waals surface area contributed by atoms with Crippen molar-refractivity contribution < 1.29 is 18.0 Å². The lowest BCUT2D eigenvalue weighted by Crippen LogP contribution is -2.48. The third-order valence-corrected chi connectivity index (χ3v) is 6.06. The molecule has 0 radical (unpaired) electrons. The minimum Gasteiger partial charge on any atom is -0.350 e. The summed E-state index contributed by atoms with van der Waals surface area (Å²) in [5.41, 5.74) is 1.57. The maximum Gasteiger partial charge on any atom is 0.433 e. The normalized spacial score (nSPS) is 18.3. The molecule has 34 heavy (non-hydrogen) atoms. The van der Waals surface area contributed by atoms with Crippen LogP contribution in [0.2, 0.25) is 0 Å². The molecule has 8 heteroatoms. The Bertz CT molecular complexity index is 1120. The number of nitrogens with zero attached hydrogens (tertiary/aromatic N) is 3. The molecule has 1 N–H and O–H groups in total. The number of urea groups is 1. The smallest absolute Gasteiger partial charge is 0.350 e. The number of anilines is 1. The van der Waals surface area contributed by atoms with Gasteiger partial charge in [0.05, 0.1) is 6.04 Å². The Morgan fingerprint density at radius 3 is 2.21 bits per heavy atom. The molecule has 3 aromatic rings. The van der Waals surface area contributed by atoms with E-state index in [-0.39, 0.29) is 17.9 Å². The predicted octanol–water partition coefficient (Wildman–Crippen LogP) is 5.78. The van der Waals surface area contributed by atoms with E-state index in [9.17, 15) is 18.0 Å². The molecule has 2 atom stereocenters. The Morgan fingerprint density at radius 2 is 1.59 bits per heavy atom. The summed E-state index contributed by atoms with van der Waals surface area (Å²) in [5.74, 6) is 0.261. The molecular formula is C26H27F3N4O. The van der Waals surface area contributed by atoms with Gasteiger partial charge >= 0.3 is 12.2 Å². The van der Waals surface area contributed by atoms with Crippen LogP contribution in [0.5, 0.6) is 0 Å². The third kappa shape index (κ3) is 5.16. The molecule has 2 heterocycles. The number of hydrogen-bond acceptors (Lipinski definition) is 3. The lowest BCUT2D eigenvalue weighted by molar-refractivity contribution is -0.141. The standard InChI is InChI=1S/C26H27F3N4O/c1-18-16-32(17-21-11-7-4-8-12-21)24-22(13-14-23(31-24)26(27,28)29)19(2)33(18)25(34)30-15-20-9-5-3-6-10-20/h3-14,18-19H,15-17H2,1-2H3,(H,30,34)/t18-,19+/m1/s1. The highest BCUT2D eigenvalue weighted by molar-refractivity contribution is 5.76. The van der Waals surface area contributed by atoms with E-state index in [0.29, 0.717) is 25.2 Å². The number of carbonyl (C=O) groups excluding carboxylic acids is 1. The number of benzene rings is 2. The van der Waals surface area contributed by atoms with Crippen LogP contribution in [0.1, 0.15) is 42.3 Å². The first-order valence-corrected chi connectivity index (χ1v) is 11.2. The Hall–Kier alpha value is -3.55. The number of pyridine rings is 1. The fourth-order valence-corrected chi connectivity index (χ4v) is 4.41. The first kappa shape index (κ1) is 23.6. The van der Waals surface area contributed by atoms with Gasteiger partial charge in [0.15, 0.2) is 0 Å². The summed E-state index contributed by atoms with van der Waals surface area (Å²) in [4.78, 5) is 20.8. The minimum absolute atomic E-state index is 0.261. The second kappa shape index (κ2) is 9.75. The Morgan fingerprint density at radius 1 is 0.971 bits per heavy atom. The van der Waals surface area contributed by atoms with Crippen molar-refractivity contribution in [2.75, 3.05) is 11.4 Å². The molecule has 0 fully saturated rings. The Labute approximate surface area is 197 Å². The fraction of sp³-hybridized carbons (Fsp3) is 0.308. The molecule has 0 aliphatic carbocycles. The predicted molar refractivity (Wildman–Crippen MR) is 125 cm³/mol. The van der Waals surface area contributed by atoms with Gasteiger partial charge in [-0.1, -0.05) is 66.7 Å². The first-order valence-electron chi connectivity index (χ1n) is 11.2. The lowest BCUT2D eigenvalue weighted by atomic mass is 10.1. The van der Waals surface area contributed by atoms with Gasteiger partial charge < -0.3 is 15.1 Å². The molecule has 1 aliphatic heterocycles. The molecule has 4 rings (SSSR count). The Kier molecular flexibility index (Phi) is 6.77. The van der Waals surface area contributed by atoms with E-state index < -0.39 is 17.9 Å². The maximum atomic E-state index is 13.5. The van der Waals surface area contributed by atoms with Crippen LogP contribution in [0.25, 0.3) is 0 Å². The quantitative estimate of drug-likeness (QED) is 0.528. The van der Waals surface area contributed by atoms with Gasteiger partial charge in [0, 0.05) is 31.2 Å². The van der Waals surface area contributed by atoms with Crippen molar-refractivity contribution in [3.63, 3.8) is 0 Å². The van der Waals surface area contributed by atoms with Crippen LogP contribution in [-0.4, -0.2) is 28.5 Å². The first-order chi connectivity index (χ1) is 16.2. The van der Waals surface area contributed by atoms with Gasteiger partial charge in [0.1, 0.15) is 11.5 Å². The lowest BCUT2D eigenvalue weighted by Gasteiger charge is -2.33. The summed E-state index contributed by atoms with van der Waals surface area (Å²) >= 11 is 0. The number of rotatable bonds is 4. The zero-order valence-electron chi connectivity index (χ0n) is 19.1. The Balaban J connectivity index is 1.67. The van der Waals surface area contributed by atoms with E-state index in [4.69, 9.17) is 0 Å². The van der Waals surface area contributed by atoms with E-state index in [1.165, 1.54) is 6.07 Å². The van der Waals surface area contributed by atoms with E-state index in [1.54, 1.807) is 4.90 Å². The van der Waals surface area contributed by atoms with Gasteiger partial charge in [0.25, 0.3) is 0 Å². The average Bonchev–Trinajstić information content (AvgIpc) is 2.92. The van der Waals surface area contributed by atoms with Gasteiger partial charge in [0.2, 0.25) is 0 Å². The monoisotopic (exact) mass is 468 g/mol. The number of carbonyl (C=O) groups is 1. The van der Waals surface area contributed by atoms with Crippen molar-refractivity contribution in [1.82, 2.24) is 15.2 Å². The van der Waals surface area contributed by atoms with Crippen LogP contribution >= 0.6 is 0 Å². The summed E-state index contributed by atoms with van der Waals surface area (Å²) in [6, 6.07) is 20.5. The number of hydrogen-bond donors (Lipinski definition) is 1. The van der Waals surface area contributed by atoms with Crippen molar-refractivity contribution in [3.05, 3.63) is 95.2 Å². The topological polar surface area (TPSA) is 48.5 Å². The minimum atomic E-state index is -4.55. The summed E-state index contributed by atoms with van der Waals surface area (Å²) < 4.78 is 40.5. The number of nitrogens with one attached hydrogen (secondary N) is 1. The van der Waals surface area contributed by atoms with Crippen LogP contribution in [0.4, 0.5) is 23.8 Å². The molecule has 1 aromatic heterocycles. The summed E-state index contributed by atoms with van der Waals surface area (Å²) in [5, 5.41) is 2.96. The molecule has 0 spiro atoms.